The largest absolute Gasteiger partial charge is 0.314 e. The first-order valence-electron chi connectivity index (χ1n) is 7.53. The Bertz CT molecular complexity index is 410. The summed E-state index contributed by atoms with van der Waals surface area (Å²) in [6.45, 7) is 7.84. The van der Waals surface area contributed by atoms with E-state index < -0.39 is 0 Å². The van der Waals surface area contributed by atoms with Crippen molar-refractivity contribution in [1.82, 2.24) is 5.32 Å². The number of aryl methyl sites for hydroxylation is 1. The van der Waals surface area contributed by atoms with E-state index >= 15 is 0 Å². The maximum absolute atomic E-state index is 6.36. The van der Waals surface area contributed by atoms with Crippen molar-refractivity contribution >= 4 is 11.6 Å². The second-order valence-electron chi connectivity index (χ2n) is 6.48. The van der Waals surface area contributed by atoms with E-state index in [1.807, 2.05) is 0 Å². The van der Waals surface area contributed by atoms with Crippen LogP contribution in [0.15, 0.2) is 18.2 Å². The number of benzene rings is 1. The topological polar surface area (TPSA) is 12.0 Å². The quantitative estimate of drug-likeness (QED) is 0.769. The molecule has 1 aromatic carbocycles. The Labute approximate surface area is 122 Å². The molecule has 106 valence electrons. The van der Waals surface area contributed by atoms with Crippen molar-refractivity contribution in [3.63, 3.8) is 0 Å². The molecule has 1 nitrogen and oxygen atoms in total. The van der Waals surface area contributed by atoms with E-state index in [0.717, 1.165) is 29.9 Å². The normalized spacial score (nSPS) is 16.9. The zero-order valence-electron chi connectivity index (χ0n) is 12.4. The molecule has 19 heavy (non-hydrogen) atoms. The van der Waals surface area contributed by atoms with Crippen LogP contribution in [0.4, 0.5) is 0 Å². The summed E-state index contributed by atoms with van der Waals surface area (Å²) >= 11 is 6.36. The average molecular weight is 280 g/mol. The van der Waals surface area contributed by atoms with Crippen LogP contribution in [0.2, 0.25) is 5.02 Å². The molecule has 1 saturated carbocycles. The summed E-state index contributed by atoms with van der Waals surface area (Å²) in [5, 5.41) is 4.60. The lowest BCUT2D eigenvalue weighted by Gasteiger charge is -2.20. The molecule has 0 aliphatic heterocycles. The minimum Gasteiger partial charge on any atom is -0.314 e. The van der Waals surface area contributed by atoms with Gasteiger partial charge in [-0.2, -0.15) is 0 Å². The fraction of sp³-hybridized carbons (Fsp3) is 0.647. The van der Waals surface area contributed by atoms with Gasteiger partial charge in [-0.15, -0.1) is 0 Å². The first-order chi connectivity index (χ1) is 9.04. The van der Waals surface area contributed by atoms with E-state index in [0.29, 0.717) is 5.92 Å². The van der Waals surface area contributed by atoms with Gasteiger partial charge in [-0.1, -0.05) is 37.6 Å². The van der Waals surface area contributed by atoms with Gasteiger partial charge in [0.25, 0.3) is 0 Å². The third-order valence-corrected chi connectivity index (χ3v) is 4.15. The van der Waals surface area contributed by atoms with Crippen LogP contribution in [0.3, 0.4) is 0 Å². The summed E-state index contributed by atoms with van der Waals surface area (Å²) < 4.78 is 0. The molecule has 0 saturated heterocycles. The van der Waals surface area contributed by atoms with Crippen molar-refractivity contribution in [2.45, 2.75) is 52.5 Å². The van der Waals surface area contributed by atoms with Gasteiger partial charge in [-0.3, -0.25) is 0 Å². The van der Waals surface area contributed by atoms with E-state index in [-0.39, 0.29) is 0 Å². The molecule has 1 atom stereocenters. The maximum Gasteiger partial charge on any atom is 0.0440 e. The lowest BCUT2D eigenvalue weighted by atomic mass is 9.90. The van der Waals surface area contributed by atoms with Crippen LogP contribution in [0, 0.1) is 18.8 Å². The van der Waals surface area contributed by atoms with Crippen LogP contribution in [-0.4, -0.2) is 12.6 Å². The third kappa shape index (κ3) is 5.16. The second kappa shape index (κ2) is 6.76. The molecule has 1 aliphatic rings. The number of rotatable bonds is 7. The van der Waals surface area contributed by atoms with Crippen molar-refractivity contribution in [2.75, 3.05) is 6.54 Å². The van der Waals surface area contributed by atoms with Crippen LogP contribution in [0.25, 0.3) is 0 Å². The fourth-order valence-corrected chi connectivity index (χ4v) is 2.97. The third-order valence-electron chi connectivity index (χ3n) is 3.79. The molecular weight excluding hydrogens is 254 g/mol. The molecule has 1 unspecified atom stereocenters. The highest BCUT2D eigenvalue weighted by Crippen LogP contribution is 2.25. The SMILES string of the molecule is Cc1ccc(CC(CNC2CC2)CC(C)C)c(Cl)c1. The van der Waals surface area contributed by atoms with Gasteiger partial charge in [0.05, 0.1) is 0 Å². The number of hydrogen-bond acceptors (Lipinski definition) is 1. The number of hydrogen-bond donors (Lipinski definition) is 1. The highest BCUT2D eigenvalue weighted by molar-refractivity contribution is 6.31. The molecule has 1 aliphatic carbocycles. The van der Waals surface area contributed by atoms with Crippen LogP contribution in [-0.2, 0) is 6.42 Å². The van der Waals surface area contributed by atoms with Crippen molar-refractivity contribution in [2.24, 2.45) is 11.8 Å². The van der Waals surface area contributed by atoms with Gasteiger partial charge in [-0.25, -0.2) is 0 Å². The van der Waals surface area contributed by atoms with Crippen molar-refractivity contribution in [3.8, 4) is 0 Å². The Morgan fingerprint density at radius 2 is 2.05 bits per heavy atom. The molecule has 0 radical (unpaired) electrons. The van der Waals surface area contributed by atoms with Crippen molar-refractivity contribution < 1.29 is 0 Å². The van der Waals surface area contributed by atoms with Gasteiger partial charge in [0.15, 0.2) is 0 Å². The zero-order chi connectivity index (χ0) is 13.8. The lowest BCUT2D eigenvalue weighted by Crippen LogP contribution is -2.27. The summed E-state index contributed by atoms with van der Waals surface area (Å²) in [7, 11) is 0. The summed E-state index contributed by atoms with van der Waals surface area (Å²) in [5.74, 6) is 1.44. The van der Waals surface area contributed by atoms with Gasteiger partial charge in [-0.05, 0) is 68.2 Å². The molecule has 0 spiro atoms. The molecule has 1 fully saturated rings. The van der Waals surface area contributed by atoms with Gasteiger partial charge in [0.2, 0.25) is 0 Å². The fourth-order valence-electron chi connectivity index (χ4n) is 2.66. The maximum atomic E-state index is 6.36. The lowest BCUT2D eigenvalue weighted by molar-refractivity contribution is 0.384. The molecule has 1 N–H and O–H groups in total. The van der Waals surface area contributed by atoms with E-state index in [1.165, 1.54) is 30.4 Å². The van der Waals surface area contributed by atoms with Gasteiger partial charge >= 0.3 is 0 Å². The minimum atomic E-state index is 0.695. The average Bonchev–Trinajstić information content (AvgIpc) is 3.13. The first-order valence-corrected chi connectivity index (χ1v) is 7.90. The van der Waals surface area contributed by atoms with Crippen LogP contribution in [0.1, 0.15) is 44.2 Å². The van der Waals surface area contributed by atoms with Crippen molar-refractivity contribution in [3.05, 3.63) is 34.3 Å². The van der Waals surface area contributed by atoms with E-state index in [1.54, 1.807) is 0 Å². The Hall–Kier alpha value is -0.530. The molecule has 0 bridgehead atoms. The second-order valence-corrected chi connectivity index (χ2v) is 6.88. The molecule has 0 amide bonds. The van der Waals surface area contributed by atoms with Gasteiger partial charge < -0.3 is 5.32 Å². The number of halogens is 1. The molecule has 0 heterocycles. The summed E-state index contributed by atoms with van der Waals surface area (Å²) in [4.78, 5) is 0. The predicted octanol–water partition coefficient (Wildman–Crippen LogP) is 4.61. The van der Waals surface area contributed by atoms with E-state index in [9.17, 15) is 0 Å². The standard InChI is InChI=1S/C17H26ClN/c1-12(2)8-14(11-19-16-6-7-16)10-15-5-4-13(3)9-17(15)18/h4-5,9,12,14,16,19H,6-8,10-11H2,1-3H3. The Balaban J connectivity index is 1.96. The summed E-state index contributed by atoms with van der Waals surface area (Å²) in [6, 6.07) is 7.24. The van der Waals surface area contributed by atoms with Crippen LogP contribution >= 0.6 is 11.6 Å². The molecular formula is C17H26ClN. The van der Waals surface area contributed by atoms with Gasteiger partial charge in [0.1, 0.15) is 0 Å². The molecule has 2 heteroatoms. The molecule has 1 aromatic rings. The first kappa shape index (κ1) is 14.9. The highest BCUT2D eigenvalue weighted by Gasteiger charge is 2.22. The summed E-state index contributed by atoms with van der Waals surface area (Å²) in [6.07, 6.45) is 5.08. The minimum absolute atomic E-state index is 0.695. The Kier molecular flexibility index (Phi) is 5.29. The van der Waals surface area contributed by atoms with Crippen LogP contribution < -0.4 is 5.32 Å². The van der Waals surface area contributed by atoms with E-state index in [2.05, 4.69) is 44.3 Å². The Morgan fingerprint density at radius 1 is 1.32 bits per heavy atom. The predicted molar refractivity (Wildman–Crippen MR) is 83.9 cm³/mol. The summed E-state index contributed by atoms with van der Waals surface area (Å²) in [5.41, 5.74) is 2.54. The molecule has 0 aromatic heterocycles. The van der Waals surface area contributed by atoms with Gasteiger partial charge in [0, 0.05) is 11.1 Å². The van der Waals surface area contributed by atoms with E-state index in [4.69, 9.17) is 11.6 Å². The number of nitrogens with one attached hydrogen (secondary N) is 1. The van der Waals surface area contributed by atoms with Crippen LogP contribution in [0.5, 0.6) is 0 Å². The van der Waals surface area contributed by atoms with Crippen molar-refractivity contribution in [1.29, 1.82) is 0 Å². The monoisotopic (exact) mass is 279 g/mol. The molecule has 2 rings (SSSR count). The Morgan fingerprint density at radius 3 is 2.63 bits per heavy atom. The smallest absolute Gasteiger partial charge is 0.0440 e. The zero-order valence-corrected chi connectivity index (χ0v) is 13.1. The highest BCUT2D eigenvalue weighted by atomic mass is 35.5.